The Labute approximate surface area is 123 Å². The van der Waals surface area contributed by atoms with Crippen molar-refractivity contribution >= 4 is 0 Å². The number of nitrogens with zero attached hydrogens (tertiary/aromatic N) is 3. The van der Waals surface area contributed by atoms with Gasteiger partial charge < -0.3 is 4.74 Å². The fourth-order valence-electron chi connectivity index (χ4n) is 2.78. The number of fused-ring (bicyclic) bond motifs is 1. The van der Waals surface area contributed by atoms with E-state index >= 15 is 0 Å². The highest BCUT2D eigenvalue weighted by molar-refractivity contribution is 5.62. The fraction of sp³-hybridized carbons (Fsp3) is 0.176. The van der Waals surface area contributed by atoms with E-state index in [1.807, 2.05) is 41.4 Å². The van der Waals surface area contributed by atoms with Crippen molar-refractivity contribution in [3.63, 3.8) is 0 Å². The topological polar surface area (TPSA) is 39.9 Å². The molecule has 2 aromatic heterocycles. The summed E-state index contributed by atoms with van der Waals surface area (Å²) in [5.41, 5.74) is 3.36. The zero-order valence-corrected chi connectivity index (χ0v) is 11.7. The SMILES string of the molecule is C[C@H]1Cc2cc(-c3nccn3-c3cccnc3)ccc2O1. The summed E-state index contributed by atoms with van der Waals surface area (Å²) in [6, 6.07) is 10.2. The number of hydrogen-bond donors (Lipinski definition) is 0. The van der Waals surface area contributed by atoms with Crippen LogP contribution in [-0.4, -0.2) is 20.6 Å². The van der Waals surface area contributed by atoms with E-state index in [1.165, 1.54) is 5.56 Å². The lowest BCUT2D eigenvalue weighted by Crippen LogP contribution is -2.05. The molecule has 0 unspecified atom stereocenters. The van der Waals surface area contributed by atoms with Gasteiger partial charge in [-0.3, -0.25) is 9.55 Å². The monoisotopic (exact) mass is 277 g/mol. The van der Waals surface area contributed by atoms with Crippen molar-refractivity contribution in [3.05, 3.63) is 60.7 Å². The van der Waals surface area contributed by atoms with Gasteiger partial charge in [-0.05, 0) is 42.8 Å². The largest absolute Gasteiger partial charge is 0.490 e. The third-order valence-corrected chi connectivity index (χ3v) is 3.72. The molecule has 0 N–H and O–H groups in total. The van der Waals surface area contributed by atoms with Crippen LogP contribution in [0.15, 0.2) is 55.1 Å². The third-order valence-electron chi connectivity index (χ3n) is 3.72. The number of aromatic nitrogens is 3. The first kappa shape index (κ1) is 12.1. The molecule has 1 aliphatic rings. The van der Waals surface area contributed by atoms with E-state index in [9.17, 15) is 0 Å². The van der Waals surface area contributed by atoms with E-state index in [1.54, 1.807) is 6.20 Å². The summed E-state index contributed by atoms with van der Waals surface area (Å²) in [4.78, 5) is 8.68. The van der Waals surface area contributed by atoms with Gasteiger partial charge in [-0.15, -0.1) is 0 Å². The third kappa shape index (κ3) is 2.09. The van der Waals surface area contributed by atoms with Crippen LogP contribution in [-0.2, 0) is 6.42 Å². The number of imidazole rings is 1. The molecular formula is C17H15N3O. The quantitative estimate of drug-likeness (QED) is 0.722. The molecule has 104 valence electrons. The Bertz CT molecular complexity index is 780. The molecule has 0 spiro atoms. The second-order valence-electron chi connectivity index (χ2n) is 5.29. The molecule has 0 saturated carbocycles. The Morgan fingerprint density at radius 1 is 1.24 bits per heavy atom. The van der Waals surface area contributed by atoms with E-state index in [2.05, 4.69) is 29.0 Å². The van der Waals surface area contributed by atoms with E-state index in [0.29, 0.717) is 0 Å². The van der Waals surface area contributed by atoms with Crippen LogP contribution < -0.4 is 4.74 Å². The van der Waals surface area contributed by atoms with E-state index in [4.69, 9.17) is 4.74 Å². The molecule has 1 aromatic carbocycles. The maximum Gasteiger partial charge on any atom is 0.144 e. The first-order valence-corrected chi connectivity index (χ1v) is 7.05. The van der Waals surface area contributed by atoms with E-state index in [-0.39, 0.29) is 6.10 Å². The molecule has 3 aromatic rings. The van der Waals surface area contributed by atoms with Crippen LogP contribution in [0.2, 0.25) is 0 Å². The highest BCUT2D eigenvalue weighted by Gasteiger charge is 2.20. The van der Waals surface area contributed by atoms with Crippen LogP contribution in [0.25, 0.3) is 17.1 Å². The number of ether oxygens (including phenoxy) is 1. The highest BCUT2D eigenvalue weighted by Crippen LogP contribution is 2.32. The fourth-order valence-corrected chi connectivity index (χ4v) is 2.78. The van der Waals surface area contributed by atoms with Crippen molar-refractivity contribution < 1.29 is 4.74 Å². The summed E-state index contributed by atoms with van der Waals surface area (Å²) in [7, 11) is 0. The van der Waals surface area contributed by atoms with Crippen LogP contribution in [0.5, 0.6) is 5.75 Å². The number of pyridine rings is 1. The molecule has 3 heterocycles. The maximum atomic E-state index is 5.76. The number of rotatable bonds is 2. The lowest BCUT2D eigenvalue weighted by atomic mass is 10.1. The Hall–Kier alpha value is -2.62. The summed E-state index contributed by atoms with van der Waals surface area (Å²) < 4.78 is 7.81. The molecule has 0 bridgehead atoms. The smallest absolute Gasteiger partial charge is 0.144 e. The summed E-state index contributed by atoms with van der Waals surface area (Å²) >= 11 is 0. The van der Waals surface area contributed by atoms with Gasteiger partial charge in [0.2, 0.25) is 0 Å². The summed E-state index contributed by atoms with van der Waals surface area (Å²) in [5.74, 6) is 1.91. The Kier molecular flexibility index (Phi) is 2.74. The van der Waals surface area contributed by atoms with Crippen LogP contribution >= 0.6 is 0 Å². The van der Waals surface area contributed by atoms with Crippen LogP contribution in [0.1, 0.15) is 12.5 Å². The summed E-state index contributed by atoms with van der Waals surface area (Å²) in [5, 5.41) is 0. The molecule has 1 aliphatic heterocycles. The zero-order valence-electron chi connectivity index (χ0n) is 11.7. The van der Waals surface area contributed by atoms with Crippen LogP contribution in [0.3, 0.4) is 0 Å². The summed E-state index contributed by atoms with van der Waals surface area (Å²) in [6.07, 6.45) is 8.59. The molecule has 0 aliphatic carbocycles. The molecule has 4 nitrogen and oxygen atoms in total. The van der Waals surface area contributed by atoms with Crippen molar-refractivity contribution in [2.45, 2.75) is 19.4 Å². The van der Waals surface area contributed by atoms with Gasteiger partial charge in [-0.25, -0.2) is 4.98 Å². The molecule has 0 saturated heterocycles. The molecule has 0 fully saturated rings. The zero-order chi connectivity index (χ0) is 14.2. The molecule has 4 rings (SSSR count). The van der Waals surface area contributed by atoms with Crippen molar-refractivity contribution in [3.8, 4) is 22.8 Å². The maximum absolute atomic E-state index is 5.76. The van der Waals surface area contributed by atoms with Gasteiger partial charge in [0.15, 0.2) is 0 Å². The Morgan fingerprint density at radius 2 is 2.19 bits per heavy atom. The predicted octanol–water partition coefficient (Wildman–Crippen LogP) is 3.26. The molecule has 1 atom stereocenters. The highest BCUT2D eigenvalue weighted by atomic mass is 16.5. The van der Waals surface area contributed by atoms with Gasteiger partial charge >= 0.3 is 0 Å². The van der Waals surface area contributed by atoms with Crippen LogP contribution in [0, 0.1) is 0 Å². The number of benzene rings is 1. The Morgan fingerprint density at radius 3 is 3.05 bits per heavy atom. The first-order valence-electron chi connectivity index (χ1n) is 7.05. The van der Waals surface area contributed by atoms with E-state index < -0.39 is 0 Å². The lowest BCUT2D eigenvalue weighted by molar-refractivity contribution is 0.254. The normalized spacial score (nSPS) is 16.5. The van der Waals surface area contributed by atoms with E-state index in [0.717, 1.165) is 29.2 Å². The van der Waals surface area contributed by atoms with Gasteiger partial charge in [0.25, 0.3) is 0 Å². The molecule has 0 radical (unpaired) electrons. The van der Waals surface area contributed by atoms with Crippen LogP contribution in [0.4, 0.5) is 0 Å². The van der Waals surface area contributed by atoms with Crippen molar-refractivity contribution in [2.24, 2.45) is 0 Å². The van der Waals surface area contributed by atoms with Gasteiger partial charge in [-0.1, -0.05) is 0 Å². The standard InChI is InChI=1S/C17H15N3O/c1-12-9-14-10-13(4-5-16(14)21-12)17-19-7-8-20(17)15-3-2-6-18-11-15/h2-8,10-12H,9H2,1H3/t12-/m0/s1. The molecule has 4 heteroatoms. The van der Waals surface area contributed by atoms with Crippen molar-refractivity contribution in [2.75, 3.05) is 0 Å². The molecule has 0 amide bonds. The Balaban J connectivity index is 1.79. The second kappa shape index (κ2) is 4.74. The first-order chi connectivity index (χ1) is 10.3. The lowest BCUT2D eigenvalue weighted by Gasteiger charge is -2.08. The summed E-state index contributed by atoms with van der Waals surface area (Å²) in [6.45, 7) is 2.09. The average Bonchev–Trinajstić information content (AvgIpc) is 3.12. The minimum Gasteiger partial charge on any atom is -0.490 e. The van der Waals surface area contributed by atoms with Gasteiger partial charge in [0, 0.05) is 30.6 Å². The van der Waals surface area contributed by atoms with Crippen molar-refractivity contribution in [1.29, 1.82) is 0 Å². The van der Waals surface area contributed by atoms with Gasteiger partial charge in [0.1, 0.15) is 17.7 Å². The van der Waals surface area contributed by atoms with Gasteiger partial charge in [0.05, 0.1) is 11.9 Å². The minimum atomic E-state index is 0.258. The minimum absolute atomic E-state index is 0.258. The molecular weight excluding hydrogens is 262 g/mol. The predicted molar refractivity (Wildman–Crippen MR) is 80.6 cm³/mol. The molecule has 21 heavy (non-hydrogen) atoms. The van der Waals surface area contributed by atoms with Crippen molar-refractivity contribution in [1.82, 2.24) is 14.5 Å². The average molecular weight is 277 g/mol. The van der Waals surface area contributed by atoms with Gasteiger partial charge in [-0.2, -0.15) is 0 Å². The second-order valence-corrected chi connectivity index (χ2v) is 5.29. The number of hydrogen-bond acceptors (Lipinski definition) is 3.